The summed E-state index contributed by atoms with van der Waals surface area (Å²) >= 11 is 0. The van der Waals surface area contributed by atoms with Crippen LogP contribution in [0.3, 0.4) is 0 Å². The highest BCUT2D eigenvalue weighted by Gasteiger charge is 2.14. The molecule has 7 nitrogen and oxygen atoms in total. The number of amides is 1. The van der Waals surface area contributed by atoms with Crippen LogP contribution in [0.1, 0.15) is 16.8 Å². The first-order chi connectivity index (χ1) is 11.2. The second kappa shape index (κ2) is 9.73. The smallest absolute Gasteiger partial charge is 0.251 e. The predicted octanol–water partition coefficient (Wildman–Crippen LogP) is 0.208. The first kappa shape index (κ1) is 20.6. The zero-order chi connectivity index (χ0) is 18.2. The molecule has 0 atom stereocenters. The lowest BCUT2D eigenvalue weighted by molar-refractivity contribution is 0.0952. The molecule has 1 aromatic rings. The van der Waals surface area contributed by atoms with Crippen LogP contribution in [0.4, 0.5) is 0 Å². The summed E-state index contributed by atoms with van der Waals surface area (Å²) in [6.45, 7) is 2.44. The molecule has 0 heterocycles. The molecule has 0 bridgehead atoms. The van der Waals surface area contributed by atoms with E-state index in [1.54, 1.807) is 0 Å². The van der Waals surface area contributed by atoms with Gasteiger partial charge in [0.15, 0.2) is 0 Å². The van der Waals surface area contributed by atoms with Gasteiger partial charge in [0.2, 0.25) is 10.0 Å². The largest absolute Gasteiger partial charge is 0.352 e. The molecule has 0 radical (unpaired) electrons. The number of nitrogens with one attached hydrogen (secondary N) is 2. The molecule has 0 unspecified atom stereocenters. The quantitative estimate of drug-likeness (QED) is 0.586. The van der Waals surface area contributed by atoms with Crippen LogP contribution in [0.15, 0.2) is 29.2 Å². The zero-order valence-corrected chi connectivity index (χ0v) is 15.7. The molecule has 8 heteroatoms. The average molecular weight is 356 g/mol. The summed E-state index contributed by atoms with van der Waals surface area (Å²) in [5, 5.41) is 2.82. The molecule has 1 rings (SSSR count). The monoisotopic (exact) mass is 356 g/mol. The van der Waals surface area contributed by atoms with Gasteiger partial charge in [-0.1, -0.05) is 0 Å². The predicted molar refractivity (Wildman–Crippen MR) is 95.7 cm³/mol. The molecular formula is C16H28N4O3S. The summed E-state index contributed by atoms with van der Waals surface area (Å²) in [4.78, 5) is 16.1. The lowest BCUT2D eigenvalue weighted by atomic mass is 10.2. The van der Waals surface area contributed by atoms with Gasteiger partial charge in [-0.3, -0.25) is 4.79 Å². The second-order valence-corrected chi connectivity index (χ2v) is 7.91. The van der Waals surface area contributed by atoms with E-state index < -0.39 is 10.0 Å². The number of carbonyl (C=O) groups is 1. The Morgan fingerprint density at radius 2 is 1.54 bits per heavy atom. The van der Waals surface area contributed by atoms with Gasteiger partial charge in [-0.2, -0.15) is 0 Å². The third-order valence-corrected chi connectivity index (χ3v) is 4.82. The summed E-state index contributed by atoms with van der Waals surface area (Å²) in [6, 6.07) is 5.96. The Balaban J connectivity index is 2.56. The van der Waals surface area contributed by atoms with Crippen LogP contribution >= 0.6 is 0 Å². The number of nitrogens with zero attached hydrogens (tertiary/aromatic N) is 2. The Bertz CT molecular complexity index is 613. The van der Waals surface area contributed by atoms with Gasteiger partial charge in [-0.05, 0) is 65.4 Å². The average Bonchev–Trinajstić information content (AvgIpc) is 2.50. The number of sulfonamides is 1. The van der Waals surface area contributed by atoms with Crippen LogP contribution in [0, 0.1) is 0 Å². The Morgan fingerprint density at radius 1 is 0.958 bits per heavy atom. The van der Waals surface area contributed by atoms with Crippen molar-refractivity contribution in [3.05, 3.63) is 29.8 Å². The molecular weight excluding hydrogens is 328 g/mol. The molecule has 0 aromatic heterocycles. The number of hydrogen-bond acceptors (Lipinski definition) is 5. The van der Waals surface area contributed by atoms with E-state index >= 15 is 0 Å². The third kappa shape index (κ3) is 7.39. The van der Waals surface area contributed by atoms with Crippen molar-refractivity contribution >= 4 is 15.9 Å². The molecule has 0 aliphatic carbocycles. The maximum absolute atomic E-state index is 12.1. The topological polar surface area (TPSA) is 81.8 Å². The van der Waals surface area contributed by atoms with E-state index in [0.717, 1.165) is 13.0 Å². The fourth-order valence-electron chi connectivity index (χ4n) is 1.97. The van der Waals surface area contributed by atoms with Crippen molar-refractivity contribution in [3.8, 4) is 0 Å². The fraction of sp³-hybridized carbons (Fsp3) is 0.562. The van der Waals surface area contributed by atoms with Gasteiger partial charge in [-0.15, -0.1) is 0 Å². The van der Waals surface area contributed by atoms with Crippen molar-refractivity contribution in [3.63, 3.8) is 0 Å². The van der Waals surface area contributed by atoms with Crippen molar-refractivity contribution in [2.45, 2.75) is 11.3 Å². The van der Waals surface area contributed by atoms with E-state index in [4.69, 9.17) is 0 Å². The standard InChI is InChI=1S/C16H28N4O3S/c1-19(2)12-5-10-17-16(21)14-6-8-15(9-7-14)24(22,23)18-11-13-20(3)4/h6-9,18H,5,10-13H2,1-4H3,(H,17,21). The van der Waals surface area contributed by atoms with E-state index in [2.05, 4.69) is 14.9 Å². The lowest BCUT2D eigenvalue weighted by Crippen LogP contribution is -2.31. The SMILES string of the molecule is CN(C)CCCNC(=O)c1ccc(S(=O)(=O)NCCN(C)C)cc1. The first-order valence-corrected chi connectivity index (χ1v) is 9.38. The summed E-state index contributed by atoms with van der Waals surface area (Å²) in [6.07, 6.45) is 0.862. The Morgan fingerprint density at radius 3 is 2.08 bits per heavy atom. The van der Waals surface area contributed by atoms with Gasteiger partial charge < -0.3 is 15.1 Å². The van der Waals surface area contributed by atoms with Gasteiger partial charge in [0.1, 0.15) is 0 Å². The Kier molecular flexibility index (Phi) is 8.34. The van der Waals surface area contributed by atoms with Crippen LogP contribution in [-0.4, -0.2) is 78.5 Å². The number of hydrogen-bond donors (Lipinski definition) is 2. The van der Waals surface area contributed by atoms with E-state index in [0.29, 0.717) is 25.2 Å². The number of rotatable bonds is 10. The normalized spacial score (nSPS) is 11.9. The van der Waals surface area contributed by atoms with Crippen LogP contribution in [0.25, 0.3) is 0 Å². The van der Waals surface area contributed by atoms with E-state index in [9.17, 15) is 13.2 Å². The van der Waals surface area contributed by atoms with E-state index in [-0.39, 0.29) is 10.8 Å². The highest BCUT2D eigenvalue weighted by molar-refractivity contribution is 7.89. The molecule has 0 saturated heterocycles. The molecule has 1 aromatic carbocycles. The molecule has 0 aliphatic rings. The Labute approximate surface area is 145 Å². The second-order valence-electron chi connectivity index (χ2n) is 6.14. The lowest BCUT2D eigenvalue weighted by Gasteiger charge is -2.11. The van der Waals surface area contributed by atoms with Gasteiger partial charge in [0.05, 0.1) is 4.90 Å². The van der Waals surface area contributed by atoms with Crippen molar-refractivity contribution in [1.82, 2.24) is 19.8 Å². The fourth-order valence-corrected chi connectivity index (χ4v) is 2.99. The van der Waals surface area contributed by atoms with Gasteiger partial charge >= 0.3 is 0 Å². The third-order valence-electron chi connectivity index (χ3n) is 3.35. The molecule has 0 spiro atoms. The summed E-state index contributed by atoms with van der Waals surface area (Å²) < 4.78 is 26.8. The number of likely N-dealkylation sites (N-methyl/N-ethyl adjacent to an activating group) is 1. The summed E-state index contributed by atoms with van der Waals surface area (Å²) in [5.41, 5.74) is 0.451. The highest BCUT2D eigenvalue weighted by atomic mass is 32.2. The minimum Gasteiger partial charge on any atom is -0.352 e. The van der Waals surface area contributed by atoms with Crippen molar-refractivity contribution in [2.75, 3.05) is 54.4 Å². The number of benzene rings is 1. The Hall–Kier alpha value is -1.48. The molecule has 2 N–H and O–H groups in total. The van der Waals surface area contributed by atoms with Crippen LogP contribution in [0.2, 0.25) is 0 Å². The van der Waals surface area contributed by atoms with E-state index in [1.165, 1.54) is 24.3 Å². The highest BCUT2D eigenvalue weighted by Crippen LogP contribution is 2.10. The van der Waals surface area contributed by atoms with Crippen LogP contribution < -0.4 is 10.0 Å². The van der Waals surface area contributed by atoms with Crippen molar-refractivity contribution in [1.29, 1.82) is 0 Å². The van der Waals surface area contributed by atoms with Crippen molar-refractivity contribution in [2.24, 2.45) is 0 Å². The molecule has 1 amide bonds. The van der Waals surface area contributed by atoms with Crippen molar-refractivity contribution < 1.29 is 13.2 Å². The molecule has 0 saturated carbocycles. The van der Waals surface area contributed by atoms with Crippen LogP contribution in [-0.2, 0) is 10.0 Å². The maximum Gasteiger partial charge on any atom is 0.251 e. The van der Waals surface area contributed by atoms with Gasteiger partial charge in [0, 0.05) is 25.2 Å². The molecule has 136 valence electrons. The minimum atomic E-state index is -3.54. The van der Waals surface area contributed by atoms with Gasteiger partial charge in [0.25, 0.3) is 5.91 Å². The number of carbonyl (C=O) groups excluding carboxylic acids is 1. The van der Waals surface area contributed by atoms with Gasteiger partial charge in [-0.25, -0.2) is 13.1 Å². The van der Waals surface area contributed by atoms with Crippen LogP contribution in [0.5, 0.6) is 0 Å². The molecule has 0 fully saturated rings. The molecule has 0 aliphatic heterocycles. The maximum atomic E-state index is 12.1. The van der Waals surface area contributed by atoms with E-state index in [1.807, 2.05) is 33.1 Å². The minimum absolute atomic E-state index is 0.158. The summed E-state index contributed by atoms with van der Waals surface area (Å²) in [5.74, 6) is -0.196. The molecule has 24 heavy (non-hydrogen) atoms. The zero-order valence-electron chi connectivity index (χ0n) is 14.9. The first-order valence-electron chi connectivity index (χ1n) is 7.90. The summed E-state index contributed by atoms with van der Waals surface area (Å²) in [7, 11) is 4.17.